The van der Waals surface area contributed by atoms with E-state index in [4.69, 9.17) is 0 Å². The van der Waals surface area contributed by atoms with E-state index in [1.807, 2.05) is 5.38 Å². The number of aryl methyl sites for hydroxylation is 1. The summed E-state index contributed by atoms with van der Waals surface area (Å²) < 4.78 is 25.1. The summed E-state index contributed by atoms with van der Waals surface area (Å²) in [5.41, 5.74) is 2.01. The monoisotopic (exact) mass is 296 g/mol. The second-order valence-electron chi connectivity index (χ2n) is 4.31. The molecule has 0 aliphatic carbocycles. The van der Waals surface area contributed by atoms with E-state index >= 15 is 0 Å². The molecule has 102 valence electrons. The molecule has 0 radical (unpaired) electrons. The van der Waals surface area contributed by atoms with E-state index in [2.05, 4.69) is 11.9 Å². The van der Waals surface area contributed by atoms with Crippen LogP contribution in [0.25, 0.3) is 10.6 Å². The summed E-state index contributed by atoms with van der Waals surface area (Å²) in [5.74, 6) is 0. The lowest BCUT2D eigenvalue weighted by atomic mass is 10.2. The molecule has 2 rings (SSSR count). The largest absolute Gasteiger partial charge is 0.242 e. The number of sulfonamides is 1. The molecule has 0 aliphatic heterocycles. The molecule has 0 spiro atoms. The molecule has 1 aromatic heterocycles. The van der Waals surface area contributed by atoms with Gasteiger partial charge in [0.05, 0.1) is 10.6 Å². The Morgan fingerprint density at radius 2 is 1.84 bits per heavy atom. The van der Waals surface area contributed by atoms with Crippen molar-refractivity contribution in [1.29, 1.82) is 0 Å². The Bertz CT molecular complexity index is 658. The van der Waals surface area contributed by atoms with Crippen LogP contribution in [-0.2, 0) is 16.4 Å². The number of thiazole rings is 1. The van der Waals surface area contributed by atoms with Crippen molar-refractivity contribution in [3.8, 4) is 10.6 Å². The highest BCUT2D eigenvalue weighted by atomic mass is 32.2. The molecular weight excluding hydrogens is 280 g/mol. The maximum atomic E-state index is 11.9. The Morgan fingerprint density at radius 3 is 2.32 bits per heavy atom. The summed E-state index contributed by atoms with van der Waals surface area (Å²) in [6, 6.07) is 6.85. The lowest BCUT2D eigenvalue weighted by Crippen LogP contribution is -2.22. The van der Waals surface area contributed by atoms with Crippen LogP contribution in [0.1, 0.15) is 12.6 Å². The number of hydrogen-bond donors (Lipinski definition) is 0. The molecule has 0 saturated heterocycles. The Kier molecular flexibility index (Phi) is 4.03. The fraction of sp³-hybridized carbons (Fsp3) is 0.308. The van der Waals surface area contributed by atoms with Crippen molar-refractivity contribution in [2.45, 2.75) is 18.2 Å². The highest BCUT2D eigenvalue weighted by Gasteiger charge is 2.17. The first-order valence-corrected chi connectivity index (χ1v) is 8.24. The topological polar surface area (TPSA) is 50.3 Å². The Balaban J connectivity index is 2.33. The quantitative estimate of drug-likeness (QED) is 0.871. The Hall–Kier alpha value is -1.24. The Morgan fingerprint density at radius 1 is 1.21 bits per heavy atom. The third-order valence-electron chi connectivity index (χ3n) is 2.79. The molecule has 2 aromatic rings. The molecule has 1 aromatic carbocycles. The molecule has 0 atom stereocenters. The lowest BCUT2D eigenvalue weighted by molar-refractivity contribution is 0.521. The van der Waals surface area contributed by atoms with Crippen LogP contribution in [0.3, 0.4) is 0 Å². The minimum absolute atomic E-state index is 0.300. The smallest absolute Gasteiger partial charge is 0.241 e. The summed E-state index contributed by atoms with van der Waals surface area (Å²) >= 11 is 1.58. The first kappa shape index (κ1) is 14.2. The van der Waals surface area contributed by atoms with Crippen LogP contribution in [0.4, 0.5) is 0 Å². The molecule has 4 nitrogen and oxygen atoms in total. The molecule has 0 amide bonds. The van der Waals surface area contributed by atoms with Crippen LogP contribution in [-0.4, -0.2) is 31.8 Å². The zero-order valence-electron chi connectivity index (χ0n) is 11.1. The normalized spacial score (nSPS) is 12.0. The fourth-order valence-electron chi connectivity index (χ4n) is 1.58. The van der Waals surface area contributed by atoms with Gasteiger partial charge in [-0.3, -0.25) is 0 Å². The van der Waals surface area contributed by atoms with Gasteiger partial charge in [-0.1, -0.05) is 19.1 Å². The standard InChI is InChI=1S/C13H16N2O2S2/c1-4-11-9-18-13(14-11)10-5-7-12(8-6-10)19(16,17)15(2)3/h5-9H,4H2,1-3H3. The van der Waals surface area contributed by atoms with Gasteiger partial charge in [0.15, 0.2) is 0 Å². The van der Waals surface area contributed by atoms with Crippen LogP contribution in [0.2, 0.25) is 0 Å². The van der Waals surface area contributed by atoms with Crippen molar-refractivity contribution >= 4 is 21.4 Å². The average Bonchev–Trinajstić information content (AvgIpc) is 2.87. The second kappa shape index (κ2) is 5.40. The maximum absolute atomic E-state index is 11.9. The summed E-state index contributed by atoms with van der Waals surface area (Å²) in [5, 5.41) is 2.95. The van der Waals surface area contributed by atoms with E-state index in [9.17, 15) is 8.42 Å². The lowest BCUT2D eigenvalue weighted by Gasteiger charge is -2.11. The third kappa shape index (κ3) is 2.86. The van der Waals surface area contributed by atoms with Gasteiger partial charge in [-0.05, 0) is 18.6 Å². The van der Waals surface area contributed by atoms with Crippen molar-refractivity contribution in [1.82, 2.24) is 9.29 Å². The number of nitrogens with zero attached hydrogens (tertiary/aromatic N) is 2. The fourth-order valence-corrected chi connectivity index (χ4v) is 3.39. The highest BCUT2D eigenvalue weighted by Crippen LogP contribution is 2.25. The van der Waals surface area contributed by atoms with E-state index in [-0.39, 0.29) is 0 Å². The van der Waals surface area contributed by atoms with Gasteiger partial charge >= 0.3 is 0 Å². The molecule has 1 heterocycles. The van der Waals surface area contributed by atoms with Crippen LogP contribution in [0.5, 0.6) is 0 Å². The SMILES string of the molecule is CCc1csc(-c2ccc(S(=O)(=O)N(C)C)cc2)n1. The highest BCUT2D eigenvalue weighted by molar-refractivity contribution is 7.89. The van der Waals surface area contributed by atoms with Gasteiger partial charge in [0.1, 0.15) is 5.01 Å². The number of benzene rings is 1. The Labute approximate surface area is 117 Å². The van der Waals surface area contributed by atoms with Crippen molar-refractivity contribution in [3.63, 3.8) is 0 Å². The minimum atomic E-state index is -3.36. The van der Waals surface area contributed by atoms with E-state index in [0.717, 1.165) is 22.7 Å². The summed E-state index contributed by atoms with van der Waals surface area (Å²) in [4.78, 5) is 4.78. The van der Waals surface area contributed by atoms with Crippen LogP contribution in [0, 0.1) is 0 Å². The van der Waals surface area contributed by atoms with Gasteiger partial charge < -0.3 is 0 Å². The zero-order valence-corrected chi connectivity index (χ0v) is 12.8. The first-order chi connectivity index (χ1) is 8.95. The number of aromatic nitrogens is 1. The summed E-state index contributed by atoms with van der Waals surface area (Å²) in [6.07, 6.45) is 0.906. The summed E-state index contributed by atoms with van der Waals surface area (Å²) in [6.45, 7) is 2.06. The third-order valence-corrected chi connectivity index (χ3v) is 5.56. The molecular formula is C13H16N2O2S2. The molecule has 0 saturated carbocycles. The van der Waals surface area contributed by atoms with Gasteiger partial charge in [-0.25, -0.2) is 17.7 Å². The van der Waals surface area contributed by atoms with Crippen LogP contribution >= 0.6 is 11.3 Å². The van der Waals surface area contributed by atoms with E-state index in [0.29, 0.717) is 4.90 Å². The maximum Gasteiger partial charge on any atom is 0.242 e. The van der Waals surface area contributed by atoms with Crippen molar-refractivity contribution < 1.29 is 8.42 Å². The molecule has 0 bridgehead atoms. The molecule has 0 N–H and O–H groups in total. The second-order valence-corrected chi connectivity index (χ2v) is 7.32. The van der Waals surface area contributed by atoms with E-state index in [1.165, 1.54) is 18.4 Å². The van der Waals surface area contributed by atoms with Gasteiger partial charge in [0.25, 0.3) is 0 Å². The predicted molar refractivity (Wildman–Crippen MR) is 77.8 cm³/mol. The van der Waals surface area contributed by atoms with Gasteiger partial charge in [-0.15, -0.1) is 11.3 Å². The zero-order chi connectivity index (χ0) is 14.0. The van der Waals surface area contributed by atoms with Gasteiger partial charge in [0.2, 0.25) is 10.0 Å². The number of hydrogen-bond acceptors (Lipinski definition) is 4. The molecule has 0 unspecified atom stereocenters. The van der Waals surface area contributed by atoms with E-state index in [1.54, 1.807) is 35.6 Å². The van der Waals surface area contributed by atoms with Crippen molar-refractivity contribution in [2.24, 2.45) is 0 Å². The summed E-state index contributed by atoms with van der Waals surface area (Å²) in [7, 11) is -0.308. The molecule has 6 heteroatoms. The molecule has 19 heavy (non-hydrogen) atoms. The average molecular weight is 296 g/mol. The van der Waals surface area contributed by atoms with E-state index < -0.39 is 10.0 Å². The van der Waals surface area contributed by atoms with Gasteiger partial charge in [-0.2, -0.15) is 0 Å². The molecule has 0 aliphatic rings. The minimum Gasteiger partial charge on any atom is -0.241 e. The predicted octanol–water partition coefficient (Wildman–Crippen LogP) is 2.62. The first-order valence-electron chi connectivity index (χ1n) is 5.92. The van der Waals surface area contributed by atoms with Crippen molar-refractivity contribution in [2.75, 3.05) is 14.1 Å². The van der Waals surface area contributed by atoms with Crippen LogP contribution in [0.15, 0.2) is 34.5 Å². The number of rotatable bonds is 4. The van der Waals surface area contributed by atoms with Crippen LogP contribution < -0.4 is 0 Å². The molecule has 0 fully saturated rings. The van der Waals surface area contributed by atoms with Gasteiger partial charge in [0, 0.05) is 25.0 Å². The van der Waals surface area contributed by atoms with Crippen molar-refractivity contribution in [3.05, 3.63) is 35.3 Å².